The molecule has 1 aliphatic carbocycles. The van der Waals surface area contributed by atoms with Gasteiger partial charge in [-0.2, -0.15) is 0 Å². The van der Waals surface area contributed by atoms with E-state index in [1.807, 2.05) is 6.08 Å². The maximum Gasteiger partial charge on any atom is -0.0127 e. The second kappa shape index (κ2) is 2.67. The molecule has 0 aliphatic heterocycles. The van der Waals surface area contributed by atoms with Crippen LogP contribution in [0.3, 0.4) is 0 Å². The van der Waals surface area contributed by atoms with Crippen LogP contribution in [-0.2, 0) is 0 Å². The summed E-state index contributed by atoms with van der Waals surface area (Å²) in [4.78, 5) is 0. The molecule has 9 heavy (non-hydrogen) atoms. The fraction of sp³-hybridized carbons (Fsp3) is 0.333. The predicted octanol–water partition coefficient (Wildman–Crippen LogP) is 2.84. The Morgan fingerprint density at radius 2 is 2.56 bits per heavy atom. The molecule has 0 aromatic rings. The molecule has 0 nitrogen and oxygen atoms in total. The molecule has 1 rings (SSSR count). The summed E-state index contributed by atoms with van der Waals surface area (Å²) in [5.41, 5.74) is 2.80. The fourth-order valence-electron chi connectivity index (χ4n) is 0.991. The molecule has 0 bridgehead atoms. The maximum absolute atomic E-state index is 3.70. The fourth-order valence-corrected chi connectivity index (χ4v) is 0.991. The third-order valence-corrected chi connectivity index (χ3v) is 1.66. The first-order chi connectivity index (χ1) is 4.36. The molecule has 0 fully saturated rings. The highest BCUT2D eigenvalue weighted by Gasteiger charge is 1.99. The number of rotatable bonds is 2. The van der Waals surface area contributed by atoms with Gasteiger partial charge in [0, 0.05) is 0 Å². The van der Waals surface area contributed by atoms with Crippen LogP contribution in [0.4, 0.5) is 0 Å². The van der Waals surface area contributed by atoms with Crippen LogP contribution in [0, 0.1) is 0 Å². The minimum Gasteiger partial charge on any atom is -0.0985 e. The van der Waals surface area contributed by atoms with Crippen molar-refractivity contribution in [3.63, 3.8) is 0 Å². The van der Waals surface area contributed by atoms with E-state index in [0.29, 0.717) is 0 Å². The summed E-state index contributed by atoms with van der Waals surface area (Å²) in [6.07, 6.45) is 8.65. The molecular weight excluding hydrogens is 108 g/mol. The molecule has 0 aromatic carbocycles. The minimum atomic E-state index is 1.14. The lowest BCUT2D eigenvalue weighted by atomic mass is 10.2. The molecular formula is C9H12. The second-order valence-corrected chi connectivity index (χ2v) is 2.27. The highest BCUT2D eigenvalue weighted by molar-refractivity contribution is 5.38. The largest absolute Gasteiger partial charge is 0.0985 e. The summed E-state index contributed by atoms with van der Waals surface area (Å²) in [5.74, 6) is 0. The summed E-state index contributed by atoms with van der Waals surface area (Å²) in [6.45, 7) is 5.88. The highest BCUT2D eigenvalue weighted by Crippen LogP contribution is 2.19. The lowest BCUT2D eigenvalue weighted by Gasteiger charge is -1.89. The van der Waals surface area contributed by atoms with Crippen molar-refractivity contribution >= 4 is 0 Å². The molecule has 0 heteroatoms. The summed E-state index contributed by atoms with van der Waals surface area (Å²) < 4.78 is 0. The minimum absolute atomic E-state index is 1.14. The van der Waals surface area contributed by atoms with Gasteiger partial charge in [0.05, 0.1) is 0 Å². The van der Waals surface area contributed by atoms with Crippen LogP contribution < -0.4 is 0 Å². The summed E-state index contributed by atoms with van der Waals surface area (Å²) in [7, 11) is 0. The van der Waals surface area contributed by atoms with E-state index in [9.17, 15) is 0 Å². The molecule has 0 atom stereocenters. The molecule has 0 unspecified atom stereocenters. The van der Waals surface area contributed by atoms with Gasteiger partial charge in [-0.15, -0.1) is 0 Å². The van der Waals surface area contributed by atoms with Gasteiger partial charge in [0.25, 0.3) is 0 Å². The maximum atomic E-state index is 3.70. The van der Waals surface area contributed by atoms with E-state index in [1.54, 1.807) is 0 Å². The Kier molecular flexibility index (Phi) is 1.88. The van der Waals surface area contributed by atoms with Gasteiger partial charge >= 0.3 is 0 Å². The van der Waals surface area contributed by atoms with Gasteiger partial charge in [0.15, 0.2) is 0 Å². The Balaban J connectivity index is 2.62. The van der Waals surface area contributed by atoms with Crippen molar-refractivity contribution in [2.75, 3.05) is 0 Å². The van der Waals surface area contributed by atoms with Gasteiger partial charge in [-0.25, -0.2) is 0 Å². The molecule has 0 aromatic heterocycles. The van der Waals surface area contributed by atoms with Crippen molar-refractivity contribution < 1.29 is 0 Å². The van der Waals surface area contributed by atoms with Crippen molar-refractivity contribution in [2.24, 2.45) is 0 Å². The first-order valence-corrected chi connectivity index (χ1v) is 3.39. The Bertz CT molecular complexity index is 170. The van der Waals surface area contributed by atoms with Gasteiger partial charge < -0.3 is 0 Å². The van der Waals surface area contributed by atoms with Crippen molar-refractivity contribution in [2.45, 2.75) is 19.8 Å². The standard InChI is InChI=1S/C9H12/c1-3-8-5-6-9(4-2)7-8/h3,5,7H,1,4,6H2,2H3. The Morgan fingerprint density at radius 3 is 2.89 bits per heavy atom. The first-order valence-electron chi connectivity index (χ1n) is 3.39. The smallest absolute Gasteiger partial charge is 0.0127 e. The average molecular weight is 120 g/mol. The van der Waals surface area contributed by atoms with Crippen LogP contribution in [0.15, 0.2) is 36.0 Å². The zero-order valence-electron chi connectivity index (χ0n) is 5.85. The topological polar surface area (TPSA) is 0 Å². The Labute approximate surface area is 56.6 Å². The lowest BCUT2D eigenvalue weighted by Crippen LogP contribution is -1.69. The number of hydrogen-bond donors (Lipinski definition) is 0. The quantitative estimate of drug-likeness (QED) is 0.525. The van der Waals surface area contributed by atoms with E-state index < -0.39 is 0 Å². The summed E-state index contributed by atoms with van der Waals surface area (Å²) in [6, 6.07) is 0. The summed E-state index contributed by atoms with van der Waals surface area (Å²) >= 11 is 0. The molecule has 0 heterocycles. The molecule has 0 N–H and O–H groups in total. The average Bonchev–Trinajstić information content (AvgIpc) is 2.34. The first kappa shape index (κ1) is 6.34. The van der Waals surface area contributed by atoms with Crippen molar-refractivity contribution in [1.82, 2.24) is 0 Å². The van der Waals surface area contributed by atoms with E-state index in [4.69, 9.17) is 0 Å². The molecule has 0 amide bonds. The van der Waals surface area contributed by atoms with Gasteiger partial charge in [0.1, 0.15) is 0 Å². The molecule has 0 spiro atoms. The zero-order chi connectivity index (χ0) is 6.69. The van der Waals surface area contributed by atoms with Crippen molar-refractivity contribution in [1.29, 1.82) is 0 Å². The molecule has 1 aliphatic rings. The number of hydrogen-bond acceptors (Lipinski definition) is 0. The van der Waals surface area contributed by atoms with Gasteiger partial charge in [-0.05, 0) is 18.4 Å². The monoisotopic (exact) mass is 120 g/mol. The second-order valence-electron chi connectivity index (χ2n) is 2.27. The zero-order valence-corrected chi connectivity index (χ0v) is 5.85. The SMILES string of the molecule is C=CC1=CCC(CC)=C1. The van der Waals surface area contributed by atoms with Crippen LogP contribution in [-0.4, -0.2) is 0 Å². The molecule has 48 valence electrons. The number of allylic oxidation sites excluding steroid dienone is 5. The van der Waals surface area contributed by atoms with Crippen LogP contribution in [0.5, 0.6) is 0 Å². The third kappa shape index (κ3) is 1.32. The van der Waals surface area contributed by atoms with Crippen LogP contribution in [0.25, 0.3) is 0 Å². The Morgan fingerprint density at radius 1 is 1.78 bits per heavy atom. The lowest BCUT2D eigenvalue weighted by molar-refractivity contribution is 1.05. The highest BCUT2D eigenvalue weighted by atomic mass is 14.1. The molecule has 0 radical (unpaired) electrons. The van der Waals surface area contributed by atoms with Crippen LogP contribution in [0.2, 0.25) is 0 Å². The molecule has 0 saturated heterocycles. The summed E-state index contributed by atoms with van der Waals surface area (Å²) in [5, 5.41) is 0. The van der Waals surface area contributed by atoms with E-state index in [0.717, 1.165) is 6.42 Å². The normalized spacial score (nSPS) is 17.0. The molecule has 0 saturated carbocycles. The van der Waals surface area contributed by atoms with E-state index in [2.05, 4.69) is 25.7 Å². The van der Waals surface area contributed by atoms with Crippen LogP contribution >= 0.6 is 0 Å². The van der Waals surface area contributed by atoms with Crippen molar-refractivity contribution in [3.8, 4) is 0 Å². The Hall–Kier alpha value is -0.780. The van der Waals surface area contributed by atoms with Gasteiger partial charge in [0.2, 0.25) is 0 Å². The van der Waals surface area contributed by atoms with Gasteiger partial charge in [-0.1, -0.05) is 37.3 Å². The van der Waals surface area contributed by atoms with E-state index >= 15 is 0 Å². The third-order valence-electron chi connectivity index (χ3n) is 1.66. The van der Waals surface area contributed by atoms with E-state index in [-0.39, 0.29) is 0 Å². The van der Waals surface area contributed by atoms with Crippen molar-refractivity contribution in [3.05, 3.63) is 36.0 Å². The predicted molar refractivity (Wildman–Crippen MR) is 41.3 cm³/mol. The van der Waals surface area contributed by atoms with Crippen LogP contribution in [0.1, 0.15) is 19.8 Å². The van der Waals surface area contributed by atoms with Gasteiger partial charge in [-0.3, -0.25) is 0 Å². The van der Waals surface area contributed by atoms with E-state index in [1.165, 1.54) is 17.6 Å².